The maximum atomic E-state index is 5.42. The summed E-state index contributed by atoms with van der Waals surface area (Å²) in [5.74, 6) is 1.71. The van der Waals surface area contributed by atoms with E-state index in [2.05, 4.69) is 9.97 Å². The quantitative estimate of drug-likeness (QED) is 0.704. The molecule has 2 aromatic heterocycles. The van der Waals surface area contributed by atoms with Crippen molar-refractivity contribution in [2.75, 3.05) is 0 Å². The van der Waals surface area contributed by atoms with Gasteiger partial charge in [0.1, 0.15) is 11.6 Å². The first-order chi connectivity index (χ1) is 7.95. The molecular formula is C13H10N2O. The van der Waals surface area contributed by atoms with Crippen LogP contribution in [0.3, 0.4) is 0 Å². The van der Waals surface area contributed by atoms with Crippen molar-refractivity contribution in [2.24, 2.45) is 0 Å². The maximum absolute atomic E-state index is 5.42. The number of H-pyrrole nitrogens is 1. The zero-order chi connectivity index (χ0) is 10.8. The summed E-state index contributed by atoms with van der Waals surface area (Å²) >= 11 is 0. The summed E-state index contributed by atoms with van der Waals surface area (Å²) in [5.41, 5.74) is 2.09. The second-order valence-corrected chi connectivity index (χ2v) is 3.46. The van der Waals surface area contributed by atoms with Crippen molar-refractivity contribution >= 4 is 0 Å². The molecule has 0 unspecified atom stereocenters. The van der Waals surface area contributed by atoms with Crippen molar-refractivity contribution in [3.05, 3.63) is 55.1 Å². The van der Waals surface area contributed by atoms with Gasteiger partial charge >= 0.3 is 0 Å². The van der Waals surface area contributed by atoms with Crippen LogP contribution in [0, 0.1) is 0 Å². The molecule has 2 heterocycles. The Balaban J connectivity index is 2.19. The molecule has 0 radical (unpaired) electrons. The van der Waals surface area contributed by atoms with E-state index in [0.29, 0.717) is 0 Å². The number of aromatic amines is 1. The first-order valence-electron chi connectivity index (χ1n) is 5.08. The number of rotatable bonds is 2. The van der Waals surface area contributed by atoms with E-state index in [1.807, 2.05) is 42.6 Å². The maximum Gasteiger partial charge on any atom is 0.138 e. The van der Waals surface area contributed by atoms with E-state index >= 15 is 0 Å². The van der Waals surface area contributed by atoms with Gasteiger partial charge in [0.15, 0.2) is 0 Å². The van der Waals surface area contributed by atoms with Crippen molar-refractivity contribution in [2.45, 2.75) is 0 Å². The van der Waals surface area contributed by atoms with E-state index in [9.17, 15) is 0 Å². The Labute approximate surface area is 92.8 Å². The van der Waals surface area contributed by atoms with Crippen LogP contribution in [0.4, 0.5) is 0 Å². The highest BCUT2D eigenvalue weighted by molar-refractivity contribution is 5.77. The predicted octanol–water partition coefficient (Wildman–Crippen LogP) is 3.34. The molecule has 0 aliphatic carbocycles. The van der Waals surface area contributed by atoms with Crippen LogP contribution in [-0.2, 0) is 0 Å². The van der Waals surface area contributed by atoms with Gasteiger partial charge in [-0.05, 0) is 12.1 Å². The number of hydrogen-bond donors (Lipinski definition) is 1. The van der Waals surface area contributed by atoms with Crippen molar-refractivity contribution < 1.29 is 4.42 Å². The topological polar surface area (TPSA) is 41.8 Å². The van der Waals surface area contributed by atoms with Crippen LogP contribution >= 0.6 is 0 Å². The van der Waals surface area contributed by atoms with Crippen LogP contribution in [0.2, 0.25) is 0 Å². The van der Waals surface area contributed by atoms with Crippen LogP contribution in [-0.4, -0.2) is 9.97 Å². The number of imidazole rings is 1. The average molecular weight is 210 g/mol. The van der Waals surface area contributed by atoms with E-state index in [4.69, 9.17) is 4.42 Å². The minimum atomic E-state index is 0.854. The number of furan rings is 1. The van der Waals surface area contributed by atoms with Gasteiger partial charge < -0.3 is 9.40 Å². The second kappa shape index (κ2) is 3.70. The third kappa shape index (κ3) is 1.42. The van der Waals surface area contributed by atoms with Crippen LogP contribution in [0.15, 0.2) is 59.5 Å². The average Bonchev–Trinajstić information content (AvgIpc) is 3.03. The fraction of sp³-hybridized carbons (Fsp3) is 0. The highest BCUT2D eigenvalue weighted by Gasteiger charge is 2.09. The Morgan fingerprint density at radius 1 is 1.00 bits per heavy atom. The summed E-state index contributed by atoms with van der Waals surface area (Å²) in [4.78, 5) is 7.36. The van der Waals surface area contributed by atoms with Crippen LogP contribution in [0.1, 0.15) is 0 Å². The molecule has 0 saturated carbocycles. The lowest BCUT2D eigenvalue weighted by molar-refractivity contribution is 0.582. The Bertz CT molecular complexity index is 515. The standard InChI is InChI=1S/C13H10N2O/c1-2-5-11(13-14-7-8-15-13)10(4-1)12-6-3-9-16-12/h1-9H,(H,14,15). The molecule has 3 nitrogen and oxygen atoms in total. The molecule has 3 rings (SSSR count). The largest absolute Gasteiger partial charge is 0.464 e. The Kier molecular flexibility index (Phi) is 2.07. The third-order valence-electron chi connectivity index (χ3n) is 2.47. The second-order valence-electron chi connectivity index (χ2n) is 3.46. The van der Waals surface area contributed by atoms with Gasteiger partial charge in [-0.25, -0.2) is 4.98 Å². The third-order valence-corrected chi connectivity index (χ3v) is 2.47. The number of aromatic nitrogens is 2. The van der Waals surface area contributed by atoms with Crippen molar-refractivity contribution in [3.8, 4) is 22.7 Å². The zero-order valence-corrected chi connectivity index (χ0v) is 8.55. The Hall–Kier alpha value is -2.29. The van der Waals surface area contributed by atoms with E-state index in [1.54, 1.807) is 12.5 Å². The lowest BCUT2D eigenvalue weighted by Crippen LogP contribution is -1.84. The van der Waals surface area contributed by atoms with Crippen molar-refractivity contribution in [1.82, 2.24) is 9.97 Å². The molecular weight excluding hydrogens is 200 g/mol. The molecule has 0 amide bonds. The smallest absolute Gasteiger partial charge is 0.138 e. The van der Waals surface area contributed by atoms with E-state index < -0.39 is 0 Å². The minimum Gasteiger partial charge on any atom is -0.464 e. The normalized spacial score (nSPS) is 10.5. The SMILES string of the molecule is c1coc(-c2ccccc2-c2ncc[nH]2)c1. The van der Waals surface area contributed by atoms with Gasteiger partial charge in [0.05, 0.1) is 6.26 Å². The molecule has 0 aliphatic rings. The lowest BCUT2D eigenvalue weighted by atomic mass is 10.1. The number of benzene rings is 1. The van der Waals surface area contributed by atoms with Crippen LogP contribution in [0.5, 0.6) is 0 Å². The molecule has 0 fully saturated rings. The molecule has 3 heteroatoms. The first kappa shape index (κ1) is 8.97. The molecule has 3 aromatic rings. The van der Waals surface area contributed by atoms with Gasteiger partial charge in [-0.15, -0.1) is 0 Å². The van der Waals surface area contributed by atoms with Crippen LogP contribution in [0.25, 0.3) is 22.7 Å². The summed E-state index contributed by atoms with van der Waals surface area (Å²) in [5, 5.41) is 0. The molecule has 16 heavy (non-hydrogen) atoms. The summed E-state index contributed by atoms with van der Waals surface area (Å²) in [7, 11) is 0. The Morgan fingerprint density at radius 3 is 2.56 bits per heavy atom. The number of nitrogens with one attached hydrogen (secondary N) is 1. The molecule has 0 spiro atoms. The zero-order valence-electron chi connectivity index (χ0n) is 8.55. The summed E-state index contributed by atoms with van der Waals surface area (Å²) in [6.07, 6.45) is 5.23. The van der Waals surface area contributed by atoms with E-state index in [0.717, 1.165) is 22.7 Å². The highest BCUT2D eigenvalue weighted by Crippen LogP contribution is 2.29. The number of hydrogen-bond acceptors (Lipinski definition) is 2. The molecule has 78 valence electrons. The molecule has 0 aliphatic heterocycles. The van der Waals surface area contributed by atoms with Crippen LogP contribution < -0.4 is 0 Å². The van der Waals surface area contributed by atoms with Gasteiger partial charge in [0, 0.05) is 23.5 Å². The summed E-state index contributed by atoms with van der Waals surface area (Å²) < 4.78 is 5.42. The highest BCUT2D eigenvalue weighted by atomic mass is 16.3. The van der Waals surface area contributed by atoms with Gasteiger partial charge in [0.2, 0.25) is 0 Å². The fourth-order valence-corrected chi connectivity index (χ4v) is 1.75. The van der Waals surface area contributed by atoms with E-state index in [1.165, 1.54) is 0 Å². The summed E-state index contributed by atoms with van der Waals surface area (Å²) in [6.45, 7) is 0. The summed E-state index contributed by atoms with van der Waals surface area (Å²) in [6, 6.07) is 11.9. The minimum absolute atomic E-state index is 0.854. The fourth-order valence-electron chi connectivity index (χ4n) is 1.75. The monoisotopic (exact) mass is 210 g/mol. The van der Waals surface area contributed by atoms with Crippen molar-refractivity contribution in [3.63, 3.8) is 0 Å². The molecule has 0 atom stereocenters. The molecule has 0 bridgehead atoms. The van der Waals surface area contributed by atoms with Crippen molar-refractivity contribution in [1.29, 1.82) is 0 Å². The lowest BCUT2D eigenvalue weighted by Gasteiger charge is -2.03. The van der Waals surface area contributed by atoms with E-state index in [-0.39, 0.29) is 0 Å². The number of nitrogens with zero attached hydrogens (tertiary/aromatic N) is 1. The molecule has 1 aromatic carbocycles. The van der Waals surface area contributed by atoms with Gasteiger partial charge in [-0.2, -0.15) is 0 Å². The predicted molar refractivity (Wildman–Crippen MR) is 61.7 cm³/mol. The van der Waals surface area contributed by atoms with Gasteiger partial charge in [0.25, 0.3) is 0 Å². The van der Waals surface area contributed by atoms with Gasteiger partial charge in [-0.3, -0.25) is 0 Å². The Morgan fingerprint density at radius 2 is 1.88 bits per heavy atom. The molecule has 1 N–H and O–H groups in total. The first-order valence-corrected chi connectivity index (χ1v) is 5.08. The molecule has 0 saturated heterocycles. The van der Waals surface area contributed by atoms with Gasteiger partial charge in [-0.1, -0.05) is 24.3 Å².